The Morgan fingerprint density at radius 3 is 2.53 bits per heavy atom. The molecule has 156 valence electrons. The Morgan fingerprint density at radius 1 is 1.13 bits per heavy atom. The van der Waals surface area contributed by atoms with Crippen LogP contribution < -0.4 is 10.1 Å². The monoisotopic (exact) mass is 423 g/mol. The number of amides is 1. The van der Waals surface area contributed by atoms with E-state index in [0.717, 1.165) is 33.8 Å². The molecule has 1 aromatic heterocycles. The molecule has 0 bridgehead atoms. The van der Waals surface area contributed by atoms with Crippen LogP contribution in [-0.2, 0) is 22.3 Å². The maximum Gasteiger partial charge on any atom is 0.256 e. The molecule has 0 aliphatic carbocycles. The van der Waals surface area contributed by atoms with Gasteiger partial charge in [0.1, 0.15) is 11.6 Å². The van der Waals surface area contributed by atoms with Gasteiger partial charge < -0.3 is 10.1 Å². The molecule has 1 unspecified atom stereocenters. The third-order valence-corrected chi connectivity index (χ3v) is 6.18. The maximum atomic E-state index is 13.0. The zero-order valence-electron chi connectivity index (χ0n) is 17.6. The molecule has 0 radical (unpaired) electrons. The van der Waals surface area contributed by atoms with Crippen molar-refractivity contribution in [3.8, 4) is 11.4 Å². The zero-order valence-corrected chi connectivity index (χ0v) is 18.4. The molecule has 1 N–H and O–H groups in total. The van der Waals surface area contributed by atoms with Gasteiger partial charge in [-0.2, -0.15) is 5.10 Å². The summed E-state index contributed by atoms with van der Waals surface area (Å²) < 4.78 is 19.5. The summed E-state index contributed by atoms with van der Waals surface area (Å²) in [4.78, 5) is 13.0. The van der Waals surface area contributed by atoms with E-state index in [9.17, 15) is 9.00 Å². The fraction of sp³-hybridized carbons (Fsp3) is 0.304. The summed E-state index contributed by atoms with van der Waals surface area (Å²) in [6.45, 7) is 7.98. The number of carbonyl (C=O) groups is 1. The minimum atomic E-state index is -0.984. The van der Waals surface area contributed by atoms with Gasteiger partial charge in [-0.1, -0.05) is 17.7 Å². The van der Waals surface area contributed by atoms with Crippen LogP contribution in [0.2, 0.25) is 0 Å². The smallest absolute Gasteiger partial charge is 0.256 e. The molecule has 1 aliphatic heterocycles. The van der Waals surface area contributed by atoms with E-state index in [-0.39, 0.29) is 12.0 Å². The number of benzene rings is 2. The number of hydrogen-bond donors (Lipinski definition) is 1. The summed E-state index contributed by atoms with van der Waals surface area (Å²) in [7, 11) is -0.984. The summed E-state index contributed by atoms with van der Waals surface area (Å²) in [6, 6.07) is 13.2. The van der Waals surface area contributed by atoms with Crippen molar-refractivity contribution in [3.05, 3.63) is 70.4 Å². The average Bonchev–Trinajstić information content (AvgIpc) is 3.19. The van der Waals surface area contributed by atoms with Gasteiger partial charge in [0, 0.05) is 21.9 Å². The molecule has 2 aromatic carbocycles. The number of nitrogens with one attached hydrogen (secondary N) is 1. The van der Waals surface area contributed by atoms with Crippen LogP contribution in [0.4, 0.5) is 5.82 Å². The topological polar surface area (TPSA) is 73.2 Å². The Kier molecular flexibility index (Phi) is 5.47. The third-order valence-electron chi connectivity index (χ3n) is 4.97. The van der Waals surface area contributed by atoms with E-state index in [1.807, 2.05) is 39.8 Å². The van der Waals surface area contributed by atoms with Crippen LogP contribution in [0.5, 0.6) is 5.75 Å². The predicted molar refractivity (Wildman–Crippen MR) is 119 cm³/mol. The zero-order chi connectivity index (χ0) is 21.4. The van der Waals surface area contributed by atoms with Crippen LogP contribution in [0.3, 0.4) is 0 Å². The first-order valence-corrected chi connectivity index (χ1v) is 11.4. The summed E-state index contributed by atoms with van der Waals surface area (Å²) in [5.41, 5.74) is 5.27. The van der Waals surface area contributed by atoms with Crippen molar-refractivity contribution < 1.29 is 13.7 Å². The van der Waals surface area contributed by atoms with Crippen LogP contribution in [0.15, 0.2) is 42.5 Å². The third kappa shape index (κ3) is 4.03. The average molecular weight is 424 g/mol. The lowest BCUT2D eigenvalue weighted by Gasteiger charge is -2.14. The van der Waals surface area contributed by atoms with Crippen molar-refractivity contribution in [2.24, 2.45) is 0 Å². The van der Waals surface area contributed by atoms with Crippen LogP contribution in [-0.4, -0.2) is 26.0 Å². The van der Waals surface area contributed by atoms with E-state index in [0.29, 0.717) is 22.9 Å². The number of rotatable bonds is 5. The lowest BCUT2D eigenvalue weighted by Crippen LogP contribution is -2.17. The van der Waals surface area contributed by atoms with Gasteiger partial charge in [0.15, 0.2) is 0 Å². The Bertz CT molecular complexity index is 1130. The number of hydrogen-bond acceptors (Lipinski definition) is 4. The number of anilines is 1. The van der Waals surface area contributed by atoms with E-state index >= 15 is 0 Å². The SMILES string of the molecule is Cc1ccc(-n2nc3c(c2NC(=O)c2ccc(OC(C)C)cc2)CS(=O)C3)c(C)c1. The van der Waals surface area contributed by atoms with Crippen molar-refractivity contribution in [2.45, 2.75) is 45.3 Å². The highest BCUT2D eigenvalue weighted by molar-refractivity contribution is 7.83. The Labute approximate surface area is 178 Å². The number of aryl methyl sites for hydroxylation is 2. The number of aromatic nitrogens is 2. The fourth-order valence-corrected chi connectivity index (χ4v) is 4.87. The lowest BCUT2D eigenvalue weighted by molar-refractivity contribution is 0.102. The second-order valence-electron chi connectivity index (χ2n) is 7.85. The van der Waals surface area contributed by atoms with Crippen molar-refractivity contribution in [1.29, 1.82) is 0 Å². The summed E-state index contributed by atoms with van der Waals surface area (Å²) >= 11 is 0. The predicted octanol–water partition coefficient (Wildman–Crippen LogP) is 4.29. The first-order valence-electron chi connectivity index (χ1n) is 9.93. The van der Waals surface area contributed by atoms with E-state index < -0.39 is 10.8 Å². The van der Waals surface area contributed by atoms with Crippen LogP contribution in [0.25, 0.3) is 5.69 Å². The Hall–Kier alpha value is -2.93. The fourth-order valence-electron chi connectivity index (χ4n) is 3.61. The summed E-state index contributed by atoms with van der Waals surface area (Å²) in [6.07, 6.45) is 0.0697. The highest BCUT2D eigenvalue weighted by atomic mass is 32.2. The Morgan fingerprint density at radius 2 is 1.87 bits per heavy atom. The molecule has 0 spiro atoms. The van der Waals surface area contributed by atoms with Crippen LogP contribution in [0, 0.1) is 13.8 Å². The van der Waals surface area contributed by atoms with Gasteiger partial charge in [0.25, 0.3) is 5.91 Å². The molecule has 1 atom stereocenters. The second-order valence-corrected chi connectivity index (χ2v) is 9.31. The number of nitrogens with zero attached hydrogens (tertiary/aromatic N) is 2. The molecule has 0 saturated heterocycles. The quantitative estimate of drug-likeness (QED) is 0.664. The first-order chi connectivity index (χ1) is 14.3. The minimum absolute atomic E-state index is 0.0697. The highest BCUT2D eigenvalue weighted by Crippen LogP contribution is 2.32. The van der Waals surface area contributed by atoms with E-state index in [4.69, 9.17) is 4.74 Å². The lowest BCUT2D eigenvalue weighted by atomic mass is 10.1. The van der Waals surface area contributed by atoms with Crippen LogP contribution >= 0.6 is 0 Å². The first kappa shape index (κ1) is 20.3. The molecule has 6 nitrogen and oxygen atoms in total. The van der Waals surface area contributed by atoms with Gasteiger partial charge in [-0.05, 0) is 63.6 Å². The van der Waals surface area contributed by atoms with Gasteiger partial charge in [0.2, 0.25) is 0 Å². The van der Waals surface area contributed by atoms with Crippen LogP contribution in [0.1, 0.15) is 46.6 Å². The molecular weight excluding hydrogens is 398 g/mol. The highest BCUT2D eigenvalue weighted by Gasteiger charge is 2.29. The molecule has 0 saturated carbocycles. The molecule has 0 fully saturated rings. The van der Waals surface area contributed by atoms with Crippen molar-refractivity contribution in [3.63, 3.8) is 0 Å². The second kappa shape index (κ2) is 8.07. The molecule has 2 heterocycles. The van der Waals surface area contributed by atoms with Crippen molar-refractivity contribution in [2.75, 3.05) is 5.32 Å². The normalized spacial score (nSPS) is 15.3. The summed E-state index contributed by atoms with van der Waals surface area (Å²) in [5.74, 6) is 1.89. The maximum absolute atomic E-state index is 13.0. The number of carbonyl (C=O) groups excluding carboxylic acids is 1. The molecule has 30 heavy (non-hydrogen) atoms. The number of fused-ring (bicyclic) bond motifs is 1. The van der Waals surface area contributed by atoms with Gasteiger partial charge in [0.05, 0.1) is 29.0 Å². The number of ether oxygens (including phenoxy) is 1. The Balaban J connectivity index is 1.68. The molecule has 4 rings (SSSR count). The van der Waals surface area contributed by atoms with E-state index in [2.05, 4.69) is 16.5 Å². The summed E-state index contributed by atoms with van der Waals surface area (Å²) in [5, 5.41) is 7.70. The molecule has 7 heteroatoms. The molecule has 1 amide bonds. The van der Waals surface area contributed by atoms with Gasteiger partial charge in [-0.15, -0.1) is 0 Å². The van der Waals surface area contributed by atoms with Gasteiger partial charge >= 0.3 is 0 Å². The van der Waals surface area contributed by atoms with Crippen molar-refractivity contribution >= 4 is 22.5 Å². The van der Waals surface area contributed by atoms with Gasteiger partial charge in [-0.25, -0.2) is 4.68 Å². The largest absolute Gasteiger partial charge is 0.491 e. The van der Waals surface area contributed by atoms with Crippen molar-refractivity contribution in [1.82, 2.24) is 9.78 Å². The van der Waals surface area contributed by atoms with E-state index in [1.54, 1.807) is 28.9 Å². The molecular formula is C23H25N3O3S. The standard InChI is InChI=1S/C23H25N3O3S/c1-14(2)29-18-8-6-17(7-9-18)23(27)24-22-19-12-30(28)13-20(19)25-26(22)21-10-5-15(3)11-16(21)4/h5-11,14H,12-13H2,1-4H3,(H,24,27). The molecule has 1 aliphatic rings. The minimum Gasteiger partial charge on any atom is -0.491 e. The van der Waals surface area contributed by atoms with E-state index in [1.165, 1.54) is 0 Å². The van der Waals surface area contributed by atoms with Gasteiger partial charge in [-0.3, -0.25) is 9.00 Å². The molecule has 3 aromatic rings.